The quantitative estimate of drug-likeness (QED) is 0.851. The zero-order valence-corrected chi connectivity index (χ0v) is 9.98. The van der Waals surface area contributed by atoms with Crippen molar-refractivity contribution in [2.45, 2.75) is 45.8 Å². The smallest absolute Gasteiger partial charge is 0.332 e. The molecule has 0 saturated heterocycles. The van der Waals surface area contributed by atoms with E-state index in [1.54, 1.807) is 6.20 Å². The summed E-state index contributed by atoms with van der Waals surface area (Å²) in [6, 6.07) is 0. The van der Waals surface area contributed by atoms with Crippen molar-refractivity contribution in [1.29, 1.82) is 0 Å². The number of aromatic nitrogens is 1. The Morgan fingerprint density at radius 3 is 2.69 bits per heavy atom. The van der Waals surface area contributed by atoms with Crippen LogP contribution in [0.2, 0.25) is 0 Å². The normalized spacial score (nSPS) is 13.8. The number of nitrogens with zero attached hydrogens (tertiary/aromatic N) is 1. The third-order valence-electron chi connectivity index (χ3n) is 2.10. The highest BCUT2D eigenvalue weighted by molar-refractivity contribution is 5.71. The zero-order chi connectivity index (χ0) is 12.3. The van der Waals surface area contributed by atoms with E-state index >= 15 is 0 Å². The lowest BCUT2D eigenvalue weighted by molar-refractivity contribution is -0.150. The lowest BCUT2D eigenvalue weighted by Gasteiger charge is -2.13. The Labute approximate surface area is 94.4 Å². The number of carboxylic acids is 1. The summed E-state index contributed by atoms with van der Waals surface area (Å²) in [5.41, 5.74) is -0.107. The van der Waals surface area contributed by atoms with Crippen LogP contribution in [0.15, 0.2) is 10.6 Å². The Bertz CT molecular complexity index is 364. The lowest BCUT2D eigenvalue weighted by atomic mass is 9.94. The van der Waals surface area contributed by atoms with Gasteiger partial charge in [-0.25, -0.2) is 9.78 Å². The molecule has 1 atom stereocenters. The molecule has 0 amide bonds. The number of hydrogen-bond donors (Lipinski definition) is 1. The Morgan fingerprint density at radius 2 is 2.25 bits per heavy atom. The number of rotatable bonds is 4. The summed E-state index contributed by atoms with van der Waals surface area (Å²) >= 11 is 0. The molecule has 0 spiro atoms. The van der Waals surface area contributed by atoms with Crippen molar-refractivity contribution in [3.05, 3.63) is 17.8 Å². The maximum absolute atomic E-state index is 10.5. The Balaban J connectivity index is 2.57. The van der Waals surface area contributed by atoms with Crippen LogP contribution in [-0.4, -0.2) is 22.2 Å². The Kier molecular flexibility index (Phi) is 3.70. The van der Waals surface area contributed by atoms with Gasteiger partial charge < -0.3 is 14.3 Å². The molecule has 5 heteroatoms. The fourth-order valence-electron chi connectivity index (χ4n) is 0.991. The SMILES string of the molecule is CC(OCc1ncc(C(C)(C)C)o1)C(=O)O. The van der Waals surface area contributed by atoms with E-state index in [2.05, 4.69) is 4.98 Å². The third kappa shape index (κ3) is 3.34. The van der Waals surface area contributed by atoms with Crippen LogP contribution < -0.4 is 0 Å². The maximum Gasteiger partial charge on any atom is 0.332 e. The van der Waals surface area contributed by atoms with E-state index in [1.807, 2.05) is 20.8 Å². The average molecular weight is 227 g/mol. The van der Waals surface area contributed by atoms with E-state index in [1.165, 1.54) is 6.92 Å². The number of oxazole rings is 1. The Morgan fingerprint density at radius 1 is 1.62 bits per heavy atom. The van der Waals surface area contributed by atoms with Gasteiger partial charge in [0.1, 0.15) is 12.4 Å². The fourth-order valence-corrected chi connectivity index (χ4v) is 0.991. The van der Waals surface area contributed by atoms with Gasteiger partial charge >= 0.3 is 5.97 Å². The summed E-state index contributed by atoms with van der Waals surface area (Å²) in [6.07, 6.45) is 0.786. The molecule has 0 saturated carbocycles. The van der Waals surface area contributed by atoms with Crippen LogP contribution in [0.1, 0.15) is 39.3 Å². The highest BCUT2D eigenvalue weighted by atomic mass is 16.5. The van der Waals surface area contributed by atoms with E-state index in [-0.39, 0.29) is 12.0 Å². The molecule has 0 bridgehead atoms. The molecule has 0 aliphatic carbocycles. The molecule has 5 nitrogen and oxygen atoms in total. The van der Waals surface area contributed by atoms with Crippen LogP contribution in [0.4, 0.5) is 0 Å². The van der Waals surface area contributed by atoms with Crippen molar-refractivity contribution in [1.82, 2.24) is 4.98 Å². The van der Waals surface area contributed by atoms with Gasteiger partial charge in [-0.3, -0.25) is 0 Å². The van der Waals surface area contributed by atoms with Gasteiger partial charge in [0.25, 0.3) is 0 Å². The van der Waals surface area contributed by atoms with Crippen molar-refractivity contribution in [3.8, 4) is 0 Å². The number of hydrogen-bond acceptors (Lipinski definition) is 4. The van der Waals surface area contributed by atoms with Gasteiger partial charge in [0.2, 0.25) is 5.89 Å². The van der Waals surface area contributed by atoms with E-state index in [0.717, 1.165) is 5.76 Å². The third-order valence-corrected chi connectivity index (χ3v) is 2.10. The lowest BCUT2D eigenvalue weighted by Crippen LogP contribution is -2.19. The van der Waals surface area contributed by atoms with Crippen molar-refractivity contribution in [2.24, 2.45) is 0 Å². The summed E-state index contributed by atoms with van der Waals surface area (Å²) in [4.78, 5) is 14.5. The summed E-state index contributed by atoms with van der Waals surface area (Å²) < 4.78 is 10.5. The van der Waals surface area contributed by atoms with Crippen LogP contribution in [-0.2, 0) is 21.6 Å². The molecule has 1 unspecified atom stereocenters. The summed E-state index contributed by atoms with van der Waals surface area (Å²) in [6.45, 7) is 7.58. The first-order valence-electron chi connectivity index (χ1n) is 5.10. The van der Waals surface area contributed by atoms with E-state index in [0.29, 0.717) is 5.89 Å². The molecule has 1 aromatic heterocycles. The fraction of sp³-hybridized carbons (Fsp3) is 0.636. The van der Waals surface area contributed by atoms with Gasteiger partial charge in [0, 0.05) is 5.41 Å². The zero-order valence-electron chi connectivity index (χ0n) is 9.98. The molecule has 0 aliphatic rings. The molecular formula is C11H17NO4. The minimum absolute atomic E-state index is 0.0730. The van der Waals surface area contributed by atoms with Crippen LogP contribution >= 0.6 is 0 Å². The summed E-state index contributed by atoms with van der Waals surface area (Å²) in [5.74, 6) is 0.162. The average Bonchev–Trinajstić information content (AvgIpc) is 2.61. The first-order valence-corrected chi connectivity index (χ1v) is 5.10. The molecule has 0 aromatic carbocycles. The maximum atomic E-state index is 10.5. The van der Waals surface area contributed by atoms with Gasteiger partial charge in [-0.05, 0) is 6.92 Å². The van der Waals surface area contributed by atoms with E-state index < -0.39 is 12.1 Å². The Hall–Kier alpha value is -1.36. The molecular weight excluding hydrogens is 210 g/mol. The van der Waals surface area contributed by atoms with Crippen molar-refractivity contribution in [2.75, 3.05) is 0 Å². The highest BCUT2D eigenvalue weighted by Gasteiger charge is 2.20. The van der Waals surface area contributed by atoms with Crippen LogP contribution in [0.3, 0.4) is 0 Å². The summed E-state index contributed by atoms with van der Waals surface area (Å²) in [7, 11) is 0. The van der Waals surface area contributed by atoms with Gasteiger partial charge in [-0.2, -0.15) is 0 Å². The first kappa shape index (κ1) is 12.7. The highest BCUT2D eigenvalue weighted by Crippen LogP contribution is 2.22. The monoisotopic (exact) mass is 227 g/mol. The van der Waals surface area contributed by atoms with Gasteiger partial charge in [0.05, 0.1) is 6.20 Å². The molecule has 1 N–H and O–H groups in total. The second kappa shape index (κ2) is 4.65. The summed E-state index contributed by atoms with van der Waals surface area (Å²) in [5, 5.41) is 8.62. The molecule has 1 heterocycles. The predicted molar refractivity (Wildman–Crippen MR) is 57.1 cm³/mol. The van der Waals surface area contributed by atoms with Crippen molar-refractivity contribution >= 4 is 5.97 Å². The number of ether oxygens (including phenoxy) is 1. The van der Waals surface area contributed by atoms with Gasteiger partial charge in [-0.1, -0.05) is 20.8 Å². The van der Waals surface area contributed by atoms with Gasteiger partial charge in [0.15, 0.2) is 6.10 Å². The van der Waals surface area contributed by atoms with Gasteiger partial charge in [-0.15, -0.1) is 0 Å². The van der Waals surface area contributed by atoms with Crippen molar-refractivity contribution < 1.29 is 19.1 Å². The minimum atomic E-state index is -0.998. The van der Waals surface area contributed by atoms with Crippen LogP contribution in [0.25, 0.3) is 0 Å². The largest absolute Gasteiger partial charge is 0.479 e. The number of carbonyl (C=O) groups is 1. The molecule has 0 radical (unpaired) electrons. The second-order valence-corrected chi connectivity index (χ2v) is 4.66. The van der Waals surface area contributed by atoms with E-state index in [9.17, 15) is 4.79 Å². The number of carboxylic acid groups (broad SMARTS) is 1. The first-order chi connectivity index (χ1) is 7.30. The van der Waals surface area contributed by atoms with Crippen LogP contribution in [0.5, 0.6) is 0 Å². The van der Waals surface area contributed by atoms with E-state index in [4.69, 9.17) is 14.3 Å². The standard InChI is InChI=1S/C11H17NO4/c1-7(10(13)14)15-6-9-12-5-8(16-9)11(2,3)4/h5,7H,6H2,1-4H3,(H,13,14). The predicted octanol–water partition coefficient (Wildman–Crippen LogP) is 1.96. The molecule has 0 aliphatic heterocycles. The molecule has 90 valence electrons. The number of aliphatic carboxylic acids is 1. The minimum Gasteiger partial charge on any atom is -0.479 e. The van der Waals surface area contributed by atoms with Crippen LogP contribution in [0, 0.1) is 0 Å². The topological polar surface area (TPSA) is 72.6 Å². The molecule has 16 heavy (non-hydrogen) atoms. The second-order valence-electron chi connectivity index (χ2n) is 4.66. The molecule has 1 aromatic rings. The molecule has 0 fully saturated rings. The van der Waals surface area contributed by atoms with Crippen molar-refractivity contribution in [3.63, 3.8) is 0 Å². The molecule has 1 rings (SSSR count).